The van der Waals surface area contributed by atoms with Gasteiger partial charge in [0.2, 0.25) is 0 Å². The zero-order valence-corrected chi connectivity index (χ0v) is 16.0. The molecule has 1 heterocycles. The molecule has 1 N–H and O–H groups in total. The van der Waals surface area contributed by atoms with Crippen LogP contribution < -0.4 is 5.32 Å². The second-order valence-electron chi connectivity index (χ2n) is 5.52. The fraction of sp³-hybridized carbons (Fsp3) is 0. The monoisotopic (exact) mass is 457 g/mol. The average Bonchev–Trinajstić information content (AvgIpc) is 2.64. The van der Waals surface area contributed by atoms with E-state index in [1.54, 1.807) is 0 Å². The lowest BCUT2D eigenvalue weighted by Gasteiger charge is -2.12. The molecule has 0 amide bonds. The molecule has 3 nitrogen and oxygen atoms in total. The van der Waals surface area contributed by atoms with Gasteiger partial charge in [-0.3, -0.25) is 0 Å². The smallest absolute Gasteiger partial charge is 0.163 e. The Morgan fingerprint density at radius 1 is 0.800 bits per heavy atom. The highest BCUT2D eigenvalue weighted by Crippen LogP contribution is 2.30. The lowest BCUT2D eigenvalue weighted by atomic mass is 10.1. The Kier molecular flexibility index (Phi) is 4.55. The molecular weight excluding hydrogens is 445 g/mol. The predicted molar refractivity (Wildman–Crippen MR) is 112 cm³/mol. The van der Waals surface area contributed by atoms with Gasteiger partial charge in [-0.05, 0) is 71.1 Å². The minimum atomic E-state index is 0.609. The molecule has 4 rings (SSSR count). The average molecular weight is 458 g/mol. The summed E-state index contributed by atoms with van der Waals surface area (Å²) in [5.41, 5.74) is 2.68. The van der Waals surface area contributed by atoms with Gasteiger partial charge in [0.15, 0.2) is 5.82 Å². The van der Waals surface area contributed by atoms with Crippen molar-refractivity contribution >= 4 is 56.6 Å². The summed E-state index contributed by atoms with van der Waals surface area (Å²) in [5.74, 6) is 1.37. The van der Waals surface area contributed by atoms with Crippen molar-refractivity contribution in [3.05, 3.63) is 81.4 Å². The van der Waals surface area contributed by atoms with Crippen LogP contribution in [0.25, 0.3) is 22.3 Å². The van der Waals surface area contributed by atoms with Crippen LogP contribution in [0, 0.1) is 3.57 Å². The quantitative estimate of drug-likeness (QED) is 0.367. The van der Waals surface area contributed by atoms with E-state index in [2.05, 4.69) is 45.0 Å². The molecule has 0 atom stereocenters. The van der Waals surface area contributed by atoms with Gasteiger partial charge < -0.3 is 5.32 Å². The predicted octanol–water partition coefficient (Wildman–Crippen LogP) is 6.30. The van der Waals surface area contributed by atoms with Gasteiger partial charge in [0.1, 0.15) is 5.82 Å². The van der Waals surface area contributed by atoms with E-state index < -0.39 is 0 Å². The molecule has 1 aromatic heterocycles. The van der Waals surface area contributed by atoms with Crippen LogP contribution in [0.2, 0.25) is 5.02 Å². The first-order chi connectivity index (χ1) is 12.2. The van der Waals surface area contributed by atoms with Gasteiger partial charge in [0.05, 0.1) is 10.5 Å². The van der Waals surface area contributed by atoms with Crippen LogP contribution in [-0.2, 0) is 0 Å². The van der Waals surface area contributed by atoms with Crippen molar-refractivity contribution in [3.8, 4) is 11.4 Å². The van der Waals surface area contributed by atoms with Crippen LogP contribution in [-0.4, -0.2) is 9.97 Å². The number of anilines is 2. The number of fused-ring (bicyclic) bond motifs is 1. The summed E-state index contributed by atoms with van der Waals surface area (Å²) in [6.07, 6.45) is 0. The van der Waals surface area contributed by atoms with E-state index in [4.69, 9.17) is 16.6 Å². The lowest BCUT2D eigenvalue weighted by Crippen LogP contribution is -1.99. The molecule has 0 saturated carbocycles. The molecule has 0 fully saturated rings. The highest BCUT2D eigenvalue weighted by atomic mass is 127. The third-order valence-corrected chi connectivity index (χ3v) is 4.87. The first-order valence-electron chi connectivity index (χ1n) is 7.75. The van der Waals surface area contributed by atoms with Crippen molar-refractivity contribution in [2.45, 2.75) is 0 Å². The van der Waals surface area contributed by atoms with Crippen LogP contribution in [0.4, 0.5) is 11.5 Å². The van der Waals surface area contributed by atoms with Crippen molar-refractivity contribution in [3.63, 3.8) is 0 Å². The molecule has 0 aliphatic rings. The van der Waals surface area contributed by atoms with E-state index in [-0.39, 0.29) is 0 Å². The van der Waals surface area contributed by atoms with Crippen LogP contribution in [0.15, 0.2) is 72.8 Å². The minimum absolute atomic E-state index is 0.609. The SMILES string of the molecule is Clc1ccccc1-c1nc(Nc2ccc(I)cc2)c2ccccc2n1. The van der Waals surface area contributed by atoms with Crippen LogP contribution in [0.5, 0.6) is 0 Å². The summed E-state index contributed by atoms with van der Waals surface area (Å²) in [4.78, 5) is 9.43. The van der Waals surface area contributed by atoms with Gasteiger partial charge in [-0.1, -0.05) is 35.9 Å². The van der Waals surface area contributed by atoms with Crippen LogP contribution in [0.3, 0.4) is 0 Å². The number of hydrogen-bond donors (Lipinski definition) is 1. The molecule has 0 aliphatic heterocycles. The summed E-state index contributed by atoms with van der Waals surface area (Å²) in [6, 6.07) is 23.8. The first-order valence-corrected chi connectivity index (χ1v) is 9.21. The van der Waals surface area contributed by atoms with Gasteiger partial charge in [-0.15, -0.1) is 0 Å². The first kappa shape index (κ1) is 16.3. The summed E-state index contributed by atoms with van der Waals surface area (Å²) in [5, 5.41) is 5.01. The van der Waals surface area contributed by atoms with Crippen molar-refractivity contribution < 1.29 is 0 Å². The molecule has 122 valence electrons. The Labute approximate surface area is 164 Å². The number of halogens is 2. The third kappa shape index (κ3) is 3.45. The topological polar surface area (TPSA) is 37.8 Å². The van der Waals surface area contributed by atoms with E-state index in [0.29, 0.717) is 10.8 Å². The summed E-state index contributed by atoms with van der Waals surface area (Å²) < 4.78 is 1.19. The van der Waals surface area contributed by atoms with E-state index in [0.717, 1.165) is 28.0 Å². The number of nitrogens with one attached hydrogen (secondary N) is 1. The third-order valence-electron chi connectivity index (χ3n) is 3.82. The number of aromatic nitrogens is 2. The molecule has 0 saturated heterocycles. The standard InChI is InChI=1S/C20H13ClIN3/c21-17-7-3-1-5-15(17)19-24-18-8-4-2-6-16(18)20(25-19)23-14-11-9-13(22)10-12-14/h1-12H,(H,23,24,25). The number of rotatable bonds is 3. The molecule has 5 heteroatoms. The Morgan fingerprint density at radius 2 is 1.52 bits per heavy atom. The Hall–Kier alpha value is -2.18. The maximum absolute atomic E-state index is 6.34. The Morgan fingerprint density at radius 3 is 2.32 bits per heavy atom. The van der Waals surface area contributed by atoms with Gasteiger partial charge in [-0.25, -0.2) is 9.97 Å². The maximum atomic E-state index is 6.34. The van der Waals surface area contributed by atoms with Gasteiger partial charge in [0, 0.05) is 20.2 Å². The van der Waals surface area contributed by atoms with Crippen molar-refractivity contribution in [2.75, 3.05) is 5.32 Å². The molecule has 0 bridgehead atoms. The number of hydrogen-bond acceptors (Lipinski definition) is 3. The second-order valence-corrected chi connectivity index (χ2v) is 7.18. The molecule has 3 aromatic carbocycles. The van der Waals surface area contributed by atoms with Crippen molar-refractivity contribution in [1.82, 2.24) is 9.97 Å². The molecule has 0 radical (unpaired) electrons. The van der Waals surface area contributed by atoms with Crippen molar-refractivity contribution in [1.29, 1.82) is 0 Å². The highest BCUT2D eigenvalue weighted by molar-refractivity contribution is 14.1. The Bertz CT molecular complexity index is 1050. The minimum Gasteiger partial charge on any atom is -0.340 e. The van der Waals surface area contributed by atoms with E-state index in [9.17, 15) is 0 Å². The number of para-hydroxylation sites is 1. The summed E-state index contributed by atoms with van der Waals surface area (Å²) in [6.45, 7) is 0. The molecule has 0 unspecified atom stereocenters. The summed E-state index contributed by atoms with van der Waals surface area (Å²) >= 11 is 8.63. The zero-order chi connectivity index (χ0) is 17.2. The van der Waals surface area contributed by atoms with E-state index in [1.165, 1.54) is 3.57 Å². The van der Waals surface area contributed by atoms with E-state index in [1.807, 2.05) is 60.7 Å². The second kappa shape index (κ2) is 6.98. The van der Waals surface area contributed by atoms with Crippen LogP contribution >= 0.6 is 34.2 Å². The van der Waals surface area contributed by atoms with Gasteiger partial charge in [-0.2, -0.15) is 0 Å². The molecule has 4 aromatic rings. The number of nitrogens with zero attached hydrogens (tertiary/aromatic N) is 2. The lowest BCUT2D eigenvalue weighted by molar-refractivity contribution is 1.22. The number of benzene rings is 3. The van der Waals surface area contributed by atoms with Crippen molar-refractivity contribution in [2.24, 2.45) is 0 Å². The fourth-order valence-corrected chi connectivity index (χ4v) is 3.18. The maximum Gasteiger partial charge on any atom is 0.163 e. The fourth-order valence-electron chi connectivity index (χ4n) is 2.60. The Balaban J connectivity index is 1.87. The molecular formula is C20H13ClIN3. The van der Waals surface area contributed by atoms with E-state index >= 15 is 0 Å². The molecule has 0 spiro atoms. The molecule has 0 aliphatic carbocycles. The van der Waals surface area contributed by atoms with Gasteiger partial charge >= 0.3 is 0 Å². The van der Waals surface area contributed by atoms with Gasteiger partial charge in [0.25, 0.3) is 0 Å². The normalized spacial score (nSPS) is 10.8. The largest absolute Gasteiger partial charge is 0.340 e. The highest BCUT2D eigenvalue weighted by Gasteiger charge is 2.11. The molecule has 25 heavy (non-hydrogen) atoms. The van der Waals surface area contributed by atoms with Crippen LogP contribution in [0.1, 0.15) is 0 Å². The zero-order valence-electron chi connectivity index (χ0n) is 13.1. The summed E-state index contributed by atoms with van der Waals surface area (Å²) in [7, 11) is 0.